The normalized spacial score (nSPS) is 12.9. The minimum absolute atomic E-state index is 0.214. The van der Waals surface area contributed by atoms with E-state index in [1.807, 2.05) is 12.1 Å². The van der Waals surface area contributed by atoms with Crippen LogP contribution in [0.5, 0.6) is 0 Å². The Morgan fingerprint density at radius 3 is 2.46 bits per heavy atom. The number of halogens is 2. The lowest BCUT2D eigenvalue weighted by Crippen LogP contribution is -2.22. The van der Waals surface area contributed by atoms with Crippen LogP contribution in [0.2, 0.25) is 0 Å². The van der Waals surface area contributed by atoms with E-state index >= 15 is 0 Å². The Morgan fingerprint density at radius 1 is 1.31 bits per heavy atom. The van der Waals surface area contributed by atoms with Crippen LogP contribution in [0, 0.1) is 0 Å². The zero-order chi connectivity index (χ0) is 10.0. The average Bonchev–Trinajstić information content (AvgIpc) is 2.10. The molecular weight excluding hydrogens is 298 g/mol. The molecule has 0 bridgehead atoms. The molecule has 0 aliphatic rings. The van der Waals surface area contributed by atoms with Crippen molar-refractivity contribution in [1.82, 2.24) is 0 Å². The van der Waals surface area contributed by atoms with Crippen LogP contribution in [0.15, 0.2) is 21.1 Å². The van der Waals surface area contributed by atoms with Crippen LogP contribution in [0.25, 0.3) is 0 Å². The summed E-state index contributed by atoms with van der Waals surface area (Å²) >= 11 is 6.71. The van der Waals surface area contributed by atoms with Crippen molar-refractivity contribution in [2.24, 2.45) is 11.5 Å². The van der Waals surface area contributed by atoms with Gasteiger partial charge < -0.3 is 17.2 Å². The predicted octanol–water partition coefficient (Wildman–Crippen LogP) is 1.75. The Bertz CT molecular complexity index is 315. The third-order valence-corrected chi connectivity index (χ3v) is 2.89. The molecule has 3 nitrogen and oxygen atoms in total. The molecule has 0 aromatic heterocycles. The van der Waals surface area contributed by atoms with Crippen LogP contribution in [0.4, 0.5) is 5.69 Å². The van der Waals surface area contributed by atoms with Crippen molar-refractivity contribution in [3.05, 3.63) is 26.6 Å². The summed E-state index contributed by atoms with van der Waals surface area (Å²) in [7, 11) is 0. The van der Waals surface area contributed by atoms with Crippen molar-refractivity contribution >= 4 is 37.5 Å². The van der Waals surface area contributed by atoms with Crippen LogP contribution < -0.4 is 17.2 Å². The van der Waals surface area contributed by atoms with E-state index in [-0.39, 0.29) is 6.04 Å². The number of nitrogen functional groups attached to an aromatic ring is 1. The maximum Gasteiger partial charge on any atom is 0.0508 e. The lowest BCUT2D eigenvalue weighted by molar-refractivity contribution is 0.738. The third-order valence-electron chi connectivity index (χ3n) is 1.78. The van der Waals surface area contributed by atoms with Gasteiger partial charge in [-0.15, -0.1) is 0 Å². The summed E-state index contributed by atoms with van der Waals surface area (Å²) < 4.78 is 1.77. The smallest absolute Gasteiger partial charge is 0.0508 e. The molecule has 0 radical (unpaired) electrons. The Balaban J connectivity index is 3.20. The van der Waals surface area contributed by atoms with Crippen LogP contribution in [0.3, 0.4) is 0 Å². The quantitative estimate of drug-likeness (QED) is 0.728. The van der Waals surface area contributed by atoms with Gasteiger partial charge in [-0.05, 0) is 33.6 Å². The molecule has 0 heterocycles. The Morgan fingerprint density at radius 2 is 1.92 bits per heavy atom. The van der Waals surface area contributed by atoms with Crippen LogP contribution >= 0.6 is 31.9 Å². The molecule has 0 aliphatic carbocycles. The van der Waals surface area contributed by atoms with Gasteiger partial charge in [0, 0.05) is 21.5 Å². The highest BCUT2D eigenvalue weighted by molar-refractivity contribution is 9.11. The van der Waals surface area contributed by atoms with E-state index in [2.05, 4.69) is 31.9 Å². The van der Waals surface area contributed by atoms with E-state index in [0.717, 1.165) is 14.5 Å². The van der Waals surface area contributed by atoms with E-state index in [1.165, 1.54) is 0 Å². The van der Waals surface area contributed by atoms with E-state index in [1.54, 1.807) is 0 Å². The maximum absolute atomic E-state index is 5.82. The lowest BCUT2D eigenvalue weighted by Gasteiger charge is -2.13. The summed E-state index contributed by atoms with van der Waals surface area (Å²) in [5, 5.41) is 0. The van der Waals surface area contributed by atoms with Gasteiger partial charge in [0.2, 0.25) is 0 Å². The Labute approximate surface area is 93.9 Å². The van der Waals surface area contributed by atoms with Gasteiger partial charge in [0.15, 0.2) is 0 Å². The molecule has 1 atom stereocenters. The lowest BCUT2D eigenvalue weighted by atomic mass is 10.1. The minimum Gasteiger partial charge on any atom is -0.398 e. The summed E-state index contributed by atoms with van der Waals surface area (Å²) in [4.78, 5) is 0. The molecule has 72 valence electrons. The summed E-state index contributed by atoms with van der Waals surface area (Å²) in [5.74, 6) is 0. The fourth-order valence-corrected chi connectivity index (χ4v) is 2.30. The molecule has 0 spiro atoms. The molecular formula is C8H11Br2N3. The fraction of sp³-hybridized carbons (Fsp3) is 0.250. The molecule has 0 aliphatic heterocycles. The van der Waals surface area contributed by atoms with Gasteiger partial charge in [0.05, 0.1) is 5.69 Å². The zero-order valence-corrected chi connectivity index (χ0v) is 10.1. The summed E-state index contributed by atoms with van der Waals surface area (Å²) in [6.45, 7) is 0.382. The number of hydrogen-bond donors (Lipinski definition) is 3. The Hall–Kier alpha value is -0.100. The van der Waals surface area contributed by atoms with E-state index in [0.29, 0.717) is 12.2 Å². The Kier molecular flexibility index (Phi) is 3.73. The monoisotopic (exact) mass is 307 g/mol. The molecule has 1 rings (SSSR count). The van der Waals surface area contributed by atoms with Crippen molar-refractivity contribution in [3.63, 3.8) is 0 Å². The largest absolute Gasteiger partial charge is 0.398 e. The average molecular weight is 309 g/mol. The number of anilines is 1. The number of benzene rings is 1. The van der Waals surface area contributed by atoms with Crippen molar-refractivity contribution < 1.29 is 0 Å². The zero-order valence-electron chi connectivity index (χ0n) is 6.93. The number of rotatable bonds is 2. The maximum atomic E-state index is 5.82. The van der Waals surface area contributed by atoms with Gasteiger partial charge in [0.1, 0.15) is 0 Å². The summed E-state index contributed by atoms with van der Waals surface area (Å²) in [6, 6.07) is 3.55. The van der Waals surface area contributed by atoms with Gasteiger partial charge in [0.25, 0.3) is 0 Å². The summed E-state index contributed by atoms with van der Waals surface area (Å²) in [5.41, 5.74) is 18.6. The van der Waals surface area contributed by atoms with Crippen molar-refractivity contribution in [1.29, 1.82) is 0 Å². The number of nitrogens with two attached hydrogens (primary N) is 3. The van der Waals surface area contributed by atoms with Gasteiger partial charge in [-0.25, -0.2) is 0 Å². The first-order chi connectivity index (χ1) is 6.06. The predicted molar refractivity (Wildman–Crippen MR) is 62.2 cm³/mol. The third kappa shape index (κ3) is 2.43. The SMILES string of the molecule is NC[C@@H](N)c1cc(Br)cc(Br)c1N. The fourth-order valence-electron chi connectivity index (χ4n) is 1.04. The highest BCUT2D eigenvalue weighted by Gasteiger charge is 2.11. The van der Waals surface area contributed by atoms with Gasteiger partial charge in [-0.3, -0.25) is 0 Å². The highest BCUT2D eigenvalue weighted by Crippen LogP contribution is 2.30. The van der Waals surface area contributed by atoms with Crippen LogP contribution in [-0.2, 0) is 0 Å². The second-order valence-corrected chi connectivity index (χ2v) is 4.50. The van der Waals surface area contributed by atoms with Crippen molar-refractivity contribution in [2.75, 3.05) is 12.3 Å². The first kappa shape index (κ1) is 11.0. The topological polar surface area (TPSA) is 78.1 Å². The minimum atomic E-state index is -0.214. The molecule has 1 aromatic rings. The molecule has 0 saturated carbocycles. The molecule has 0 amide bonds. The molecule has 6 N–H and O–H groups in total. The second kappa shape index (κ2) is 4.41. The molecule has 13 heavy (non-hydrogen) atoms. The van der Waals surface area contributed by atoms with E-state index < -0.39 is 0 Å². The van der Waals surface area contributed by atoms with Gasteiger partial charge in [-0.2, -0.15) is 0 Å². The van der Waals surface area contributed by atoms with Crippen molar-refractivity contribution in [3.8, 4) is 0 Å². The van der Waals surface area contributed by atoms with E-state index in [9.17, 15) is 0 Å². The molecule has 0 fully saturated rings. The molecule has 0 unspecified atom stereocenters. The van der Waals surface area contributed by atoms with Crippen molar-refractivity contribution in [2.45, 2.75) is 6.04 Å². The van der Waals surface area contributed by atoms with Gasteiger partial charge in [-0.1, -0.05) is 15.9 Å². The molecule has 0 saturated heterocycles. The van der Waals surface area contributed by atoms with Crippen LogP contribution in [-0.4, -0.2) is 6.54 Å². The summed E-state index contributed by atoms with van der Waals surface area (Å²) in [6.07, 6.45) is 0. The second-order valence-electron chi connectivity index (χ2n) is 2.73. The first-order valence-corrected chi connectivity index (χ1v) is 5.35. The number of hydrogen-bond acceptors (Lipinski definition) is 3. The first-order valence-electron chi connectivity index (χ1n) is 3.76. The van der Waals surface area contributed by atoms with Crippen LogP contribution in [0.1, 0.15) is 11.6 Å². The van der Waals surface area contributed by atoms with E-state index in [4.69, 9.17) is 17.2 Å². The molecule has 1 aromatic carbocycles. The highest BCUT2D eigenvalue weighted by atomic mass is 79.9. The van der Waals surface area contributed by atoms with Gasteiger partial charge >= 0.3 is 0 Å². The standard InChI is InChI=1S/C8H11Br2N3/c9-4-1-5(7(12)3-11)8(13)6(10)2-4/h1-2,7H,3,11-13H2/t7-/m1/s1. The molecule has 5 heteroatoms.